The lowest BCUT2D eigenvalue weighted by atomic mass is 10.3. The molecule has 0 unspecified atom stereocenters. The Hall–Kier alpha value is -0.660. The Kier molecular flexibility index (Phi) is 5.71. The van der Waals surface area contributed by atoms with E-state index in [2.05, 4.69) is 6.92 Å². The number of rotatable bonds is 5. The van der Waals surface area contributed by atoms with Crippen LogP contribution in [-0.2, 0) is 9.47 Å². The molecule has 0 atom stereocenters. The first-order valence-electron chi connectivity index (χ1n) is 4.21. The van der Waals surface area contributed by atoms with Gasteiger partial charge in [0.1, 0.15) is 11.5 Å². The Morgan fingerprint density at radius 1 is 1.00 bits per heavy atom. The zero-order valence-corrected chi connectivity index (χ0v) is 7.94. The van der Waals surface area contributed by atoms with Crippen molar-refractivity contribution in [2.75, 3.05) is 13.2 Å². The van der Waals surface area contributed by atoms with Gasteiger partial charge in [0.2, 0.25) is 0 Å². The highest BCUT2D eigenvalue weighted by atomic mass is 16.5. The van der Waals surface area contributed by atoms with Crippen LogP contribution in [0.1, 0.15) is 34.1 Å². The van der Waals surface area contributed by atoms with Crippen molar-refractivity contribution in [1.82, 2.24) is 0 Å². The van der Waals surface area contributed by atoms with E-state index in [9.17, 15) is 0 Å². The fraction of sp³-hybridized carbons (Fsp3) is 0.778. The Morgan fingerprint density at radius 3 is 1.91 bits per heavy atom. The van der Waals surface area contributed by atoms with E-state index in [0.717, 1.165) is 17.9 Å². The molecule has 0 rings (SSSR count). The minimum atomic E-state index is 0.711. The molecule has 66 valence electrons. The predicted molar refractivity (Wildman–Crippen MR) is 46.2 cm³/mol. The van der Waals surface area contributed by atoms with Gasteiger partial charge in [-0.3, -0.25) is 0 Å². The molecular formula is C9H18O2. The van der Waals surface area contributed by atoms with Gasteiger partial charge in [-0.05, 0) is 20.8 Å². The highest BCUT2D eigenvalue weighted by Gasteiger charge is 2.00. The molecule has 0 radical (unpaired) electrons. The van der Waals surface area contributed by atoms with Gasteiger partial charge in [0.25, 0.3) is 0 Å². The van der Waals surface area contributed by atoms with Crippen LogP contribution in [0.3, 0.4) is 0 Å². The first-order valence-corrected chi connectivity index (χ1v) is 4.21. The summed E-state index contributed by atoms with van der Waals surface area (Å²) in [5.74, 6) is 1.88. The lowest BCUT2D eigenvalue weighted by molar-refractivity contribution is 0.162. The quantitative estimate of drug-likeness (QED) is 0.573. The SMILES string of the molecule is CCOC(C)=C(CC)OCC. The summed E-state index contributed by atoms with van der Waals surface area (Å²) in [4.78, 5) is 0. The monoisotopic (exact) mass is 158 g/mol. The van der Waals surface area contributed by atoms with E-state index in [4.69, 9.17) is 9.47 Å². The Labute approximate surface area is 69.2 Å². The molecule has 0 aliphatic heterocycles. The third-order valence-corrected chi connectivity index (χ3v) is 1.39. The highest BCUT2D eigenvalue weighted by molar-refractivity contribution is 4.97. The molecule has 0 aliphatic rings. The summed E-state index contributed by atoms with van der Waals surface area (Å²) in [6, 6.07) is 0. The molecule has 0 N–H and O–H groups in total. The minimum Gasteiger partial charge on any atom is -0.495 e. The number of allylic oxidation sites excluding steroid dienone is 2. The van der Waals surface area contributed by atoms with Crippen molar-refractivity contribution in [3.8, 4) is 0 Å². The molecule has 2 heteroatoms. The van der Waals surface area contributed by atoms with Crippen molar-refractivity contribution in [2.45, 2.75) is 34.1 Å². The van der Waals surface area contributed by atoms with Gasteiger partial charge in [-0.25, -0.2) is 0 Å². The average Bonchev–Trinajstić information content (AvgIpc) is 2.00. The van der Waals surface area contributed by atoms with E-state index < -0.39 is 0 Å². The maximum atomic E-state index is 5.36. The Balaban J connectivity index is 4.02. The van der Waals surface area contributed by atoms with Crippen LogP contribution >= 0.6 is 0 Å². The van der Waals surface area contributed by atoms with Crippen LogP contribution in [0.15, 0.2) is 11.5 Å². The third-order valence-electron chi connectivity index (χ3n) is 1.39. The molecule has 0 saturated heterocycles. The molecule has 0 fully saturated rings. The van der Waals surface area contributed by atoms with Crippen molar-refractivity contribution in [3.63, 3.8) is 0 Å². The predicted octanol–water partition coefficient (Wildman–Crippen LogP) is 2.70. The normalized spacial score (nSPS) is 12.4. The van der Waals surface area contributed by atoms with Gasteiger partial charge in [0.15, 0.2) is 0 Å². The van der Waals surface area contributed by atoms with Gasteiger partial charge in [0, 0.05) is 6.42 Å². The van der Waals surface area contributed by atoms with Crippen LogP contribution in [0, 0.1) is 0 Å². The molecular weight excluding hydrogens is 140 g/mol. The Morgan fingerprint density at radius 2 is 1.55 bits per heavy atom. The second-order valence-corrected chi connectivity index (χ2v) is 2.20. The van der Waals surface area contributed by atoms with E-state index in [1.165, 1.54) is 0 Å². The van der Waals surface area contributed by atoms with Gasteiger partial charge in [-0.2, -0.15) is 0 Å². The van der Waals surface area contributed by atoms with Gasteiger partial charge in [-0.1, -0.05) is 6.92 Å². The lowest BCUT2D eigenvalue weighted by Gasteiger charge is -2.10. The second kappa shape index (κ2) is 6.08. The van der Waals surface area contributed by atoms with E-state index in [-0.39, 0.29) is 0 Å². The molecule has 2 nitrogen and oxygen atoms in total. The van der Waals surface area contributed by atoms with Crippen LogP contribution in [0.2, 0.25) is 0 Å². The number of hydrogen-bond acceptors (Lipinski definition) is 2. The van der Waals surface area contributed by atoms with E-state index >= 15 is 0 Å². The van der Waals surface area contributed by atoms with Crippen LogP contribution in [0.4, 0.5) is 0 Å². The maximum absolute atomic E-state index is 5.36. The lowest BCUT2D eigenvalue weighted by Crippen LogP contribution is -1.97. The highest BCUT2D eigenvalue weighted by Crippen LogP contribution is 2.10. The zero-order chi connectivity index (χ0) is 8.69. The van der Waals surface area contributed by atoms with Crippen molar-refractivity contribution < 1.29 is 9.47 Å². The number of ether oxygens (including phenoxy) is 2. The molecule has 0 saturated carbocycles. The Bertz CT molecular complexity index is 128. The van der Waals surface area contributed by atoms with E-state index in [0.29, 0.717) is 13.2 Å². The summed E-state index contributed by atoms with van der Waals surface area (Å²) in [5.41, 5.74) is 0. The molecule has 0 amide bonds. The third kappa shape index (κ3) is 3.91. The molecule has 0 bridgehead atoms. The molecule has 0 heterocycles. The molecule has 0 aliphatic carbocycles. The zero-order valence-electron chi connectivity index (χ0n) is 7.94. The van der Waals surface area contributed by atoms with Crippen LogP contribution in [0.25, 0.3) is 0 Å². The standard InChI is InChI=1S/C9H18O2/c1-5-9(11-7-3)8(4)10-6-2/h5-7H2,1-4H3. The van der Waals surface area contributed by atoms with Gasteiger partial charge >= 0.3 is 0 Å². The smallest absolute Gasteiger partial charge is 0.133 e. The first-order chi connectivity index (χ1) is 5.26. The fourth-order valence-corrected chi connectivity index (χ4v) is 0.924. The van der Waals surface area contributed by atoms with Gasteiger partial charge in [0.05, 0.1) is 13.2 Å². The second-order valence-electron chi connectivity index (χ2n) is 2.20. The maximum Gasteiger partial charge on any atom is 0.133 e. The van der Waals surface area contributed by atoms with Crippen LogP contribution in [-0.4, -0.2) is 13.2 Å². The molecule has 0 aromatic carbocycles. The van der Waals surface area contributed by atoms with Crippen molar-refractivity contribution in [2.24, 2.45) is 0 Å². The van der Waals surface area contributed by atoms with Gasteiger partial charge in [-0.15, -0.1) is 0 Å². The topological polar surface area (TPSA) is 18.5 Å². The van der Waals surface area contributed by atoms with Crippen molar-refractivity contribution >= 4 is 0 Å². The summed E-state index contributed by atoms with van der Waals surface area (Å²) < 4.78 is 10.7. The largest absolute Gasteiger partial charge is 0.495 e. The summed E-state index contributed by atoms with van der Waals surface area (Å²) in [6.45, 7) is 9.39. The fourth-order valence-electron chi connectivity index (χ4n) is 0.924. The van der Waals surface area contributed by atoms with Crippen LogP contribution < -0.4 is 0 Å². The molecule has 0 aromatic rings. The molecule has 0 aromatic heterocycles. The minimum absolute atomic E-state index is 0.711. The first kappa shape index (κ1) is 10.3. The van der Waals surface area contributed by atoms with Gasteiger partial charge < -0.3 is 9.47 Å². The summed E-state index contributed by atoms with van der Waals surface area (Å²) in [6.07, 6.45) is 0.902. The summed E-state index contributed by atoms with van der Waals surface area (Å²) in [7, 11) is 0. The van der Waals surface area contributed by atoms with Crippen LogP contribution in [0.5, 0.6) is 0 Å². The van der Waals surface area contributed by atoms with Crippen molar-refractivity contribution in [1.29, 1.82) is 0 Å². The van der Waals surface area contributed by atoms with Crippen molar-refractivity contribution in [3.05, 3.63) is 11.5 Å². The number of hydrogen-bond donors (Lipinski definition) is 0. The summed E-state index contributed by atoms with van der Waals surface area (Å²) >= 11 is 0. The molecule has 0 spiro atoms. The molecule has 11 heavy (non-hydrogen) atoms. The average molecular weight is 158 g/mol. The van der Waals surface area contributed by atoms with E-state index in [1.54, 1.807) is 0 Å². The summed E-state index contributed by atoms with van der Waals surface area (Å²) in [5, 5.41) is 0. The van der Waals surface area contributed by atoms with E-state index in [1.807, 2.05) is 20.8 Å².